The van der Waals surface area contributed by atoms with Crippen LogP contribution < -0.4 is 10.6 Å². The summed E-state index contributed by atoms with van der Waals surface area (Å²) in [4.78, 5) is 22.6. The number of carbonyl (C=O) groups excluding carboxylic acids is 1. The summed E-state index contributed by atoms with van der Waals surface area (Å²) in [6.07, 6.45) is 7.08. The SMILES string of the molecule is C#CC(NC(=O)NCc1ccc(C(=O)O)cc1)C1CCCO1. The minimum atomic E-state index is -0.981. The molecule has 22 heavy (non-hydrogen) atoms. The van der Waals surface area contributed by atoms with Crippen molar-refractivity contribution in [2.75, 3.05) is 6.61 Å². The van der Waals surface area contributed by atoms with Gasteiger partial charge in [-0.15, -0.1) is 6.42 Å². The van der Waals surface area contributed by atoms with Crippen LogP contribution in [0.15, 0.2) is 24.3 Å². The Labute approximate surface area is 128 Å². The molecule has 0 aliphatic carbocycles. The lowest BCUT2D eigenvalue weighted by molar-refractivity contribution is 0.0697. The Morgan fingerprint density at radius 2 is 2.14 bits per heavy atom. The number of ether oxygens (including phenoxy) is 1. The van der Waals surface area contributed by atoms with E-state index in [0.717, 1.165) is 18.4 Å². The maximum absolute atomic E-state index is 11.9. The van der Waals surface area contributed by atoms with Gasteiger partial charge in [0, 0.05) is 13.2 Å². The Morgan fingerprint density at radius 3 is 2.68 bits per heavy atom. The van der Waals surface area contributed by atoms with E-state index < -0.39 is 12.0 Å². The van der Waals surface area contributed by atoms with Gasteiger partial charge in [0.15, 0.2) is 0 Å². The number of carbonyl (C=O) groups is 2. The number of aromatic carboxylic acids is 1. The second kappa shape index (κ2) is 7.48. The molecule has 1 aliphatic rings. The molecule has 2 amide bonds. The second-order valence-electron chi connectivity index (χ2n) is 5.02. The van der Waals surface area contributed by atoms with E-state index in [9.17, 15) is 9.59 Å². The van der Waals surface area contributed by atoms with Crippen molar-refractivity contribution in [3.05, 3.63) is 35.4 Å². The van der Waals surface area contributed by atoms with Gasteiger partial charge in [0.25, 0.3) is 0 Å². The number of carboxylic acids is 1. The highest BCUT2D eigenvalue weighted by molar-refractivity contribution is 5.87. The van der Waals surface area contributed by atoms with Crippen LogP contribution in [-0.4, -0.2) is 35.9 Å². The Morgan fingerprint density at radius 1 is 1.41 bits per heavy atom. The molecule has 1 heterocycles. The van der Waals surface area contributed by atoms with E-state index in [4.69, 9.17) is 16.3 Å². The van der Waals surface area contributed by atoms with Crippen molar-refractivity contribution in [3.63, 3.8) is 0 Å². The highest BCUT2D eigenvalue weighted by Crippen LogP contribution is 2.15. The molecule has 0 radical (unpaired) electrons. The summed E-state index contributed by atoms with van der Waals surface area (Å²) in [5.41, 5.74) is 1.01. The number of carboxylic acid groups (broad SMARTS) is 1. The Bertz CT molecular complexity index is 571. The van der Waals surface area contributed by atoms with E-state index in [1.165, 1.54) is 12.1 Å². The second-order valence-corrected chi connectivity index (χ2v) is 5.02. The van der Waals surface area contributed by atoms with Crippen LogP contribution in [0.5, 0.6) is 0 Å². The van der Waals surface area contributed by atoms with Crippen molar-refractivity contribution >= 4 is 12.0 Å². The fraction of sp³-hybridized carbons (Fsp3) is 0.375. The van der Waals surface area contributed by atoms with Crippen LogP contribution in [0.25, 0.3) is 0 Å². The lowest BCUT2D eigenvalue weighted by atomic mass is 10.1. The molecule has 116 valence electrons. The summed E-state index contributed by atoms with van der Waals surface area (Å²) in [7, 11) is 0. The molecule has 0 saturated carbocycles. The van der Waals surface area contributed by atoms with Crippen LogP contribution in [0.4, 0.5) is 4.79 Å². The van der Waals surface area contributed by atoms with Crippen molar-refractivity contribution in [1.29, 1.82) is 0 Å². The molecule has 2 rings (SSSR count). The number of hydrogen-bond donors (Lipinski definition) is 3. The molecule has 1 fully saturated rings. The summed E-state index contributed by atoms with van der Waals surface area (Å²) in [6, 6.07) is 5.48. The number of terminal acetylenes is 1. The molecular formula is C16H18N2O4. The molecule has 0 spiro atoms. The summed E-state index contributed by atoms with van der Waals surface area (Å²) in [6.45, 7) is 0.955. The van der Waals surface area contributed by atoms with E-state index in [0.29, 0.717) is 6.61 Å². The van der Waals surface area contributed by atoms with Gasteiger partial charge in [-0.05, 0) is 30.5 Å². The summed E-state index contributed by atoms with van der Waals surface area (Å²) in [5, 5.41) is 14.2. The number of benzene rings is 1. The number of hydrogen-bond acceptors (Lipinski definition) is 3. The molecule has 3 N–H and O–H groups in total. The molecular weight excluding hydrogens is 284 g/mol. The smallest absolute Gasteiger partial charge is 0.335 e. The van der Waals surface area contributed by atoms with Crippen molar-refractivity contribution in [2.45, 2.75) is 31.5 Å². The predicted octanol–water partition coefficient (Wildman–Crippen LogP) is 1.36. The van der Waals surface area contributed by atoms with Gasteiger partial charge < -0.3 is 20.5 Å². The Kier molecular flexibility index (Phi) is 5.39. The summed E-state index contributed by atoms with van der Waals surface area (Å²) in [5.74, 6) is 1.55. The minimum absolute atomic E-state index is 0.134. The van der Waals surface area contributed by atoms with Crippen LogP contribution in [-0.2, 0) is 11.3 Å². The molecule has 2 unspecified atom stereocenters. The van der Waals surface area contributed by atoms with E-state index in [2.05, 4.69) is 16.6 Å². The van der Waals surface area contributed by atoms with Gasteiger partial charge in [0.05, 0.1) is 11.7 Å². The van der Waals surface area contributed by atoms with Gasteiger partial charge in [0.2, 0.25) is 0 Å². The van der Waals surface area contributed by atoms with Gasteiger partial charge >= 0.3 is 12.0 Å². The van der Waals surface area contributed by atoms with Crippen LogP contribution in [0.1, 0.15) is 28.8 Å². The van der Waals surface area contributed by atoms with Crippen molar-refractivity contribution in [2.24, 2.45) is 0 Å². The molecule has 6 heteroatoms. The number of urea groups is 1. The number of nitrogens with one attached hydrogen (secondary N) is 2. The maximum Gasteiger partial charge on any atom is 0.335 e. The van der Waals surface area contributed by atoms with Crippen LogP contribution in [0.3, 0.4) is 0 Å². The van der Waals surface area contributed by atoms with E-state index in [1.807, 2.05) is 0 Å². The summed E-state index contributed by atoms with van der Waals surface area (Å²) < 4.78 is 5.46. The first kappa shape index (κ1) is 15.9. The molecule has 1 aliphatic heterocycles. The largest absolute Gasteiger partial charge is 0.478 e. The van der Waals surface area contributed by atoms with E-state index in [-0.39, 0.29) is 24.2 Å². The van der Waals surface area contributed by atoms with Crippen LogP contribution >= 0.6 is 0 Å². The van der Waals surface area contributed by atoms with Crippen LogP contribution in [0, 0.1) is 12.3 Å². The van der Waals surface area contributed by atoms with E-state index in [1.54, 1.807) is 12.1 Å². The Balaban J connectivity index is 1.81. The molecule has 0 bridgehead atoms. The maximum atomic E-state index is 11.9. The van der Waals surface area contributed by atoms with Gasteiger partial charge in [-0.1, -0.05) is 18.1 Å². The normalized spacial score (nSPS) is 18.2. The molecule has 1 aromatic rings. The first-order valence-electron chi connectivity index (χ1n) is 7.04. The fourth-order valence-corrected chi connectivity index (χ4v) is 2.25. The number of rotatable bonds is 5. The molecule has 0 aromatic heterocycles. The number of amides is 2. The van der Waals surface area contributed by atoms with Gasteiger partial charge in [0.1, 0.15) is 6.04 Å². The zero-order valence-corrected chi connectivity index (χ0v) is 12.0. The first-order chi connectivity index (χ1) is 10.6. The van der Waals surface area contributed by atoms with Gasteiger partial charge in [-0.3, -0.25) is 0 Å². The van der Waals surface area contributed by atoms with Crippen LogP contribution in [0.2, 0.25) is 0 Å². The third-order valence-corrected chi connectivity index (χ3v) is 3.46. The topological polar surface area (TPSA) is 87.7 Å². The first-order valence-corrected chi connectivity index (χ1v) is 7.04. The highest BCUT2D eigenvalue weighted by atomic mass is 16.5. The zero-order valence-electron chi connectivity index (χ0n) is 12.0. The van der Waals surface area contributed by atoms with Crippen molar-refractivity contribution in [1.82, 2.24) is 10.6 Å². The van der Waals surface area contributed by atoms with Gasteiger partial charge in [-0.2, -0.15) is 0 Å². The highest BCUT2D eigenvalue weighted by Gasteiger charge is 2.25. The molecule has 2 atom stereocenters. The monoisotopic (exact) mass is 302 g/mol. The molecule has 1 aromatic carbocycles. The third kappa shape index (κ3) is 4.24. The lowest BCUT2D eigenvalue weighted by Gasteiger charge is -2.19. The summed E-state index contributed by atoms with van der Waals surface area (Å²) >= 11 is 0. The molecule has 1 saturated heterocycles. The standard InChI is InChI=1S/C16H18N2O4/c1-2-13(14-4-3-9-22-14)18-16(21)17-10-11-5-7-12(8-6-11)15(19)20/h1,5-8,13-14H,3-4,9-10H2,(H,19,20)(H2,17,18,21). The van der Waals surface area contributed by atoms with Gasteiger partial charge in [-0.25, -0.2) is 9.59 Å². The third-order valence-electron chi connectivity index (χ3n) is 3.46. The van der Waals surface area contributed by atoms with Crippen molar-refractivity contribution in [3.8, 4) is 12.3 Å². The lowest BCUT2D eigenvalue weighted by Crippen LogP contribution is -2.46. The Hall–Kier alpha value is -2.52. The van der Waals surface area contributed by atoms with Crippen molar-refractivity contribution < 1.29 is 19.4 Å². The predicted molar refractivity (Wildman–Crippen MR) is 80.4 cm³/mol. The van der Waals surface area contributed by atoms with E-state index >= 15 is 0 Å². The quantitative estimate of drug-likeness (QED) is 0.717. The fourth-order valence-electron chi connectivity index (χ4n) is 2.25. The minimum Gasteiger partial charge on any atom is -0.478 e. The molecule has 6 nitrogen and oxygen atoms in total. The average molecular weight is 302 g/mol. The zero-order chi connectivity index (χ0) is 15.9. The average Bonchev–Trinajstić information content (AvgIpc) is 3.05.